The lowest BCUT2D eigenvalue weighted by atomic mass is 10.1. The summed E-state index contributed by atoms with van der Waals surface area (Å²) in [6.45, 7) is 5.36. The first kappa shape index (κ1) is 10.9. The molecule has 0 amide bonds. The van der Waals surface area contributed by atoms with Gasteiger partial charge in [0.15, 0.2) is 0 Å². The first-order valence-corrected chi connectivity index (χ1v) is 5.39. The average molecular weight is 221 g/mol. The highest BCUT2D eigenvalue weighted by Crippen LogP contribution is 2.29. The molecule has 86 valence electrons. The summed E-state index contributed by atoms with van der Waals surface area (Å²) in [6, 6.07) is 5.26. The van der Waals surface area contributed by atoms with Crippen molar-refractivity contribution in [1.82, 2.24) is 5.32 Å². The Balaban J connectivity index is 2.36. The van der Waals surface area contributed by atoms with Crippen molar-refractivity contribution in [2.75, 3.05) is 31.1 Å². The van der Waals surface area contributed by atoms with Crippen LogP contribution in [0, 0.1) is 17.0 Å². The molecular formula is C11H15N3O2. The van der Waals surface area contributed by atoms with Crippen LogP contribution in [0.25, 0.3) is 0 Å². The number of nitro benzene ring substituents is 1. The van der Waals surface area contributed by atoms with Gasteiger partial charge in [-0.2, -0.15) is 0 Å². The van der Waals surface area contributed by atoms with E-state index in [0.29, 0.717) is 0 Å². The van der Waals surface area contributed by atoms with Crippen LogP contribution < -0.4 is 10.2 Å². The lowest BCUT2D eigenvalue weighted by molar-refractivity contribution is -0.384. The van der Waals surface area contributed by atoms with Crippen LogP contribution in [0.5, 0.6) is 0 Å². The number of piperazine rings is 1. The fraction of sp³-hybridized carbons (Fsp3) is 0.455. The van der Waals surface area contributed by atoms with Gasteiger partial charge in [-0.05, 0) is 18.6 Å². The third kappa shape index (κ3) is 2.14. The largest absolute Gasteiger partial charge is 0.363 e. The Morgan fingerprint density at radius 2 is 2.06 bits per heavy atom. The Morgan fingerprint density at radius 3 is 2.69 bits per heavy atom. The van der Waals surface area contributed by atoms with Crippen molar-refractivity contribution in [3.8, 4) is 0 Å². The van der Waals surface area contributed by atoms with Gasteiger partial charge >= 0.3 is 0 Å². The number of rotatable bonds is 2. The highest BCUT2D eigenvalue weighted by atomic mass is 16.6. The van der Waals surface area contributed by atoms with E-state index in [-0.39, 0.29) is 10.6 Å². The van der Waals surface area contributed by atoms with Crippen LogP contribution in [0.3, 0.4) is 0 Å². The zero-order valence-corrected chi connectivity index (χ0v) is 9.27. The second-order valence-corrected chi connectivity index (χ2v) is 3.99. The van der Waals surface area contributed by atoms with Crippen molar-refractivity contribution >= 4 is 11.4 Å². The molecular weight excluding hydrogens is 206 g/mol. The van der Waals surface area contributed by atoms with Gasteiger partial charge in [0.25, 0.3) is 5.69 Å². The molecule has 0 radical (unpaired) electrons. The van der Waals surface area contributed by atoms with Crippen molar-refractivity contribution in [1.29, 1.82) is 0 Å². The smallest absolute Gasteiger partial charge is 0.292 e. The van der Waals surface area contributed by atoms with Gasteiger partial charge in [0, 0.05) is 32.2 Å². The highest BCUT2D eigenvalue weighted by molar-refractivity contribution is 5.64. The Morgan fingerprint density at radius 1 is 1.38 bits per heavy atom. The van der Waals surface area contributed by atoms with Gasteiger partial charge in [-0.1, -0.05) is 6.07 Å². The van der Waals surface area contributed by atoms with Crippen LogP contribution in [-0.4, -0.2) is 31.1 Å². The molecule has 1 heterocycles. The lowest BCUT2D eigenvalue weighted by Gasteiger charge is -2.29. The summed E-state index contributed by atoms with van der Waals surface area (Å²) < 4.78 is 0. The van der Waals surface area contributed by atoms with Crippen LogP contribution in [0.15, 0.2) is 18.2 Å². The number of hydrogen-bond donors (Lipinski definition) is 1. The van der Waals surface area contributed by atoms with Crippen molar-refractivity contribution in [3.63, 3.8) is 0 Å². The molecule has 1 aliphatic rings. The number of nitrogens with one attached hydrogen (secondary N) is 1. The molecule has 5 nitrogen and oxygen atoms in total. The second kappa shape index (κ2) is 4.49. The van der Waals surface area contributed by atoms with Crippen LogP contribution >= 0.6 is 0 Å². The summed E-state index contributed by atoms with van der Waals surface area (Å²) >= 11 is 0. The van der Waals surface area contributed by atoms with Gasteiger partial charge in [-0.3, -0.25) is 10.1 Å². The van der Waals surface area contributed by atoms with E-state index < -0.39 is 0 Å². The van der Waals surface area contributed by atoms with Crippen LogP contribution in [0.1, 0.15) is 5.56 Å². The number of hydrogen-bond acceptors (Lipinski definition) is 4. The molecule has 1 N–H and O–H groups in total. The van der Waals surface area contributed by atoms with E-state index in [4.69, 9.17) is 0 Å². The molecule has 0 spiro atoms. The van der Waals surface area contributed by atoms with E-state index in [0.717, 1.165) is 37.4 Å². The molecule has 0 aromatic heterocycles. The molecule has 1 aliphatic heterocycles. The number of nitrogens with zero attached hydrogens (tertiary/aromatic N) is 2. The van der Waals surface area contributed by atoms with E-state index >= 15 is 0 Å². The van der Waals surface area contributed by atoms with Crippen molar-refractivity contribution < 1.29 is 4.92 Å². The molecule has 0 bridgehead atoms. The summed E-state index contributed by atoms with van der Waals surface area (Å²) in [6.07, 6.45) is 0. The van der Waals surface area contributed by atoms with Gasteiger partial charge in [0.2, 0.25) is 0 Å². The Hall–Kier alpha value is -1.62. The van der Waals surface area contributed by atoms with Crippen molar-refractivity contribution in [3.05, 3.63) is 33.9 Å². The summed E-state index contributed by atoms with van der Waals surface area (Å²) in [5, 5.41) is 14.2. The van der Waals surface area contributed by atoms with Gasteiger partial charge in [-0.15, -0.1) is 0 Å². The predicted molar refractivity (Wildman–Crippen MR) is 62.9 cm³/mol. The normalized spacial score (nSPS) is 16.2. The summed E-state index contributed by atoms with van der Waals surface area (Å²) in [4.78, 5) is 12.7. The highest BCUT2D eigenvalue weighted by Gasteiger charge is 2.20. The molecule has 1 saturated heterocycles. The molecule has 0 atom stereocenters. The molecule has 0 unspecified atom stereocenters. The van der Waals surface area contributed by atoms with E-state index in [1.807, 2.05) is 13.0 Å². The van der Waals surface area contributed by atoms with E-state index in [1.54, 1.807) is 12.1 Å². The first-order chi connectivity index (χ1) is 7.68. The van der Waals surface area contributed by atoms with E-state index in [1.165, 1.54) is 0 Å². The monoisotopic (exact) mass is 221 g/mol. The standard InChI is InChI=1S/C11H15N3O2/c1-9-2-3-10(14(15)16)11(8-9)13-6-4-12-5-7-13/h2-3,8,12H,4-7H2,1H3. The fourth-order valence-electron chi connectivity index (χ4n) is 1.95. The van der Waals surface area contributed by atoms with Crippen LogP contribution in [0.4, 0.5) is 11.4 Å². The van der Waals surface area contributed by atoms with Crippen molar-refractivity contribution in [2.45, 2.75) is 6.92 Å². The molecule has 0 aliphatic carbocycles. The minimum absolute atomic E-state index is 0.201. The van der Waals surface area contributed by atoms with Gasteiger partial charge in [0.1, 0.15) is 5.69 Å². The molecule has 16 heavy (non-hydrogen) atoms. The zero-order chi connectivity index (χ0) is 11.5. The molecule has 1 aromatic rings. The Kier molecular flexibility index (Phi) is 3.05. The lowest BCUT2D eigenvalue weighted by Crippen LogP contribution is -2.43. The van der Waals surface area contributed by atoms with Gasteiger partial charge in [-0.25, -0.2) is 0 Å². The number of benzene rings is 1. The summed E-state index contributed by atoms with van der Waals surface area (Å²) in [7, 11) is 0. The maximum Gasteiger partial charge on any atom is 0.292 e. The molecule has 1 fully saturated rings. The SMILES string of the molecule is Cc1ccc([N+](=O)[O-])c(N2CCNCC2)c1. The van der Waals surface area contributed by atoms with Gasteiger partial charge < -0.3 is 10.2 Å². The molecule has 1 aromatic carbocycles. The quantitative estimate of drug-likeness (QED) is 0.604. The maximum absolute atomic E-state index is 10.9. The van der Waals surface area contributed by atoms with E-state index in [2.05, 4.69) is 10.2 Å². The van der Waals surface area contributed by atoms with Crippen LogP contribution in [0.2, 0.25) is 0 Å². The Labute approximate surface area is 94.2 Å². The first-order valence-electron chi connectivity index (χ1n) is 5.39. The van der Waals surface area contributed by atoms with E-state index in [9.17, 15) is 10.1 Å². The van der Waals surface area contributed by atoms with Crippen LogP contribution in [-0.2, 0) is 0 Å². The topological polar surface area (TPSA) is 58.4 Å². The minimum atomic E-state index is -0.309. The number of aryl methyl sites for hydroxylation is 1. The van der Waals surface area contributed by atoms with Gasteiger partial charge in [0.05, 0.1) is 4.92 Å². The summed E-state index contributed by atoms with van der Waals surface area (Å²) in [5.41, 5.74) is 2.00. The third-order valence-electron chi connectivity index (χ3n) is 2.79. The number of anilines is 1. The van der Waals surface area contributed by atoms with Crippen molar-refractivity contribution in [2.24, 2.45) is 0 Å². The predicted octanol–water partition coefficient (Wildman–Crippen LogP) is 1.31. The second-order valence-electron chi connectivity index (χ2n) is 3.99. The average Bonchev–Trinajstić information content (AvgIpc) is 2.29. The fourth-order valence-corrected chi connectivity index (χ4v) is 1.95. The minimum Gasteiger partial charge on any atom is -0.363 e. The zero-order valence-electron chi connectivity index (χ0n) is 9.27. The molecule has 0 saturated carbocycles. The summed E-state index contributed by atoms with van der Waals surface area (Å²) in [5.74, 6) is 0. The maximum atomic E-state index is 10.9. The molecule has 5 heteroatoms. The number of nitro groups is 1. The molecule has 2 rings (SSSR count). The Bertz CT molecular complexity index is 400. The third-order valence-corrected chi connectivity index (χ3v) is 2.79.